The Kier molecular flexibility index (Phi) is 7.10. The molecular formula is C22H21F2N3O2. The summed E-state index contributed by atoms with van der Waals surface area (Å²) >= 11 is 0. The SMILES string of the molecule is O=C(NCCc1ccc(OC(F)F)cc1)NC(c1ccccc1)c1ccccn1. The van der Waals surface area contributed by atoms with Gasteiger partial charge in [-0.3, -0.25) is 4.98 Å². The monoisotopic (exact) mass is 397 g/mol. The number of hydrogen-bond acceptors (Lipinski definition) is 3. The first-order valence-corrected chi connectivity index (χ1v) is 9.16. The number of pyridine rings is 1. The van der Waals surface area contributed by atoms with Gasteiger partial charge < -0.3 is 15.4 Å². The Labute approximate surface area is 167 Å². The zero-order valence-corrected chi connectivity index (χ0v) is 15.6. The van der Waals surface area contributed by atoms with Crippen molar-refractivity contribution in [3.05, 3.63) is 95.8 Å². The first-order chi connectivity index (χ1) is 14.1. The summed E-state index contributed by atoms with van der Waals surface area (Å²) < 4.78 is 28.7. The number of urea groups is 1. The second-order valence-electron chi connectivity index (χ2n) is 6.27. The van der Waals surface area contributed by atoms with Crippen LogP contribution in [-0.2, 0) is 6.42 Å². The van der Waals surface area contributed by atoms with E-state index in [2.05, 4.69) is 20.4 Å². The number of nitrogens with zero attached hydrogens (tertiary/aromatic N) is 1. The van der Waals surface area contributed by atoms with Gasteiger partial charge in [-0.2, -0.15) is 8.78 Å². The van der Waals surface area contributed by atoms with Crippen LogP contribution in [0, 0.1) is 0 Å². The number of benzene rings is 2. The molecule has 0 saturated heterocycles. The predicted molar refractivity (Wildman–Crippen MR) is 106 cm³/mol. The largest absolute Gasteiger partial charge is 0.435 e. The summed E-state index contributed by atoms with van der Waals surface area (Å²) in [5.41, 5.74) is 2.57. The molecule has 2 N–H and O–H groups in total. The van der Waals surface area contributed by atoms with Gasteiger partial charge in [-0.15, -0.1) is 0 Å². The molecule has 0 aliphatic rings. The first-order valence-electron chi connectivity index (χ1n) is 9.16. The van der Waals surface area contributed by atoms with Crippen LogP contribution in [0.25, 0.3) is 0 Å². The van der Waals surface area contributed by atoms with Gasteiger partial charge in [0.2, 0.25) is 0 Å². The number of carbonyl (C=O) groups is 1. The molecule has 7 heteroatoms. The second-order valence-corrected chi connectivity index (χ2v) is 6.27. The molecule has 0 aliphatic heterocycles. The maximum absolute atomic E-state index is 12.4. The van der Waals surface area contributed by atoms with Crippen molar-refractivity contribution in [2.24, 2.45) is 0 Å². The molecule has 29 heavy (non-hydrogen) atoms. The Morgan fingerprint density at radius 1 is 0.966 bits per heavy atom. The van der Waals surface area contributed by atoms with Gasteiger partial charge >= 0.3 is 12.6 Å². The van der Waals surface area contributed by atoms with Gasteiger partial charge in [0.1, 0.15) is 5.75 Å². The quantitative estimate of drug-likeness (QED) is 0.595. The van der Waals surface area contributed by atoms with Gasteiger partial charge in [0.25, 0.3) is 0 Å². The minimum atomic E-state index is -2.84. The average molecular weight is 397 g/mol. The summed E-state index contributed by atoms with van der Waals surface area (Å²) in [6.45, 7) is -2.45. The van der Waals surface area contributed by atoms with E-state index in [1.807, 2.05) is 48.5 Å². The van der Waals surface area contributed by atoms with Crippen LogP contribution in [0.1, 0.15) is 22.9 Å². The summed E-state index contributed by atoms with van der Waals surface area (Å²) in [6, 6.07) is 20.8. The highest BCUT2D eigenvalue weighted by molar-refractivity contribution is 5.75. The Morgan fingerprint density at radius 2 is 1.69 bits per heavy atom. The minimum absolute atomic E-state index is 0.107. The molecule has 2 aromatic carbocycles. The minimum Gasteiger partial charge on any atom is -0.435 e. The normalized spacial score (nSPS) is 11.7. The van der Waals surface area contributed by atoms with Gasteiger partial charge in [-0.25, -0.2) is 4.79 Å². The smallest absolute Gasteiger partial charge is 0.387 e. The molecule has 0 radical (unpaired) electrons. The van der Waals surface area contributed by atoms with Gasteiger partial charge in [-0.1, -0.05) is 48.5 Å². The number of halogens is 2. The maximum atomic E-state index is 12.4. The summed E-state index contributed by atoms with van der Waals surface area (Å²) in [5.74, 6) is 0.107. The Balaban J connectivity index is 1.55. The number of nitrogens with one attached hydrogen (secondary N) is 2. The molecule has 150 valence electrons. The molecule has 0 saturated carbocycles. The fourth-order valence-corrected chi connectivity index (χ4v) is 2.86. The molecule has 1 heterocycles. The molecule has 5 nitrogen and oxygen atoms in total. The number of ether oxygens (including phenoxy) is 1. The highest BCUT2D eigenvalue weighted by Gasteiger charge is 2.17. The van der Waals surface area contributed by atoms with Gasteiger partial charge in [0.15, 0.2) is 0 Å². The van der Waals surface area contributed by atoms with Crippen LogP contribution >= 0.6 is 0 Å². The van der Waals surface area contributed by atoms with Crippen molar-refractivity contribution in [3.63, 3.8) is 0 Å². The van der Waals surface area contributed by atoms with E-state index in [0.29, 0.717) is 13.0 Å². The number of alkyl halides is 2. The van der Waals surface area contributed by atoms with Gasteiger partial charge in [0.05, 0.1) is 11.7 Å². The van der Waals surface area contributed by atoms with Crippen molar-refractivity contribution < 1.29 is 18.3 Å². The van der Waals surface area contributed by atoms with Crippen molar-refractivity contribution in [2.75, 3.05) is 6.54 Å². The summed E-state index contributed by atoms with van der Waals surface area (Å²) in [7, 11) is 0. The molecule has 0 fully saturated rings. The third-order valence-corrected chi connectivity index (χ3v) is 4.24. The lowest BCUT2D eigenvalue weighted by Crippen LogP contribution is -2.39. The number of carbonyl (C=O) groups excluding carboxylic acids is 1. The van der Waals surface area contributed by atoms with Crippen LogP contribution < -0.4 is 15.4 Å². The fourth-order valence-electron chi connectivity index (χ4n) is 2.86. The molecule has 0 bridgehead atoms. The Bertz CT molecular complexity index is 851. The summed E-state index contributed by atoms with van der Waals surface area (Å²) in [6.07, 6.45) is 2.24. The lowest BCUT2D eigenvalue weighted by molar-refractivity contribution is -0.0498. The maximum Gasteiger partial charge on any atom is 0.387 e. The lowest BCUT2D eigenvalue weighted by Gasteiger charge is -2.19. The standard InChI is InChI=1S/C22H21F2N3O2/c23-21(24)29-18-11-9-16(10-12-18)13-15-26-22(28)27-20(17-6-2-1-3-7-17)19-8-4-5-14-25-19/h1-12,14,20-21H,13,15H2,(H2,26,27,28). The van der Waals surface area contributed by atoms with Crippen LogP contribution in [0.4, 0.5) is 13.6 Å². The third kappa shape index (κ3) is 6.27. The van der Waals surface area contributed by atoms with Crippen molar-refractivity contribution in [3.8, 4) is 5.75 Å². The van der Waals surface area contributed by atoms with Crippen molar-refractivity contribution in [2.45, 2.75) is 19.1 Å². The molecule has 0 aliphatic carbocycles. The molecule has 2 amide bonds. The topological polar surface area (TPSA) is 63.2 Å². The van der Waals surface area contributed by atoms with Crippen molar-refractivity contribution >= 4 is 6.03 Å². The van der Waals surface area contributed by atoms with Crippen LogP contribution in [-0.4, -0.2) is 24.2 Å². The number of amides is 2. The molecule has 1 unspecified atom stereocenters. The number of rotatable bonds is 8. The third-order valence-electron chi connectivity index (χ3n) is 4.24. The van der Waals surface area contributed by atoms with E-state index < -0.39 is 6.61 Å². The molecule has 1 aromatic heterocycles. The van der Waals surface area contributed by atoms with Crippen LogP contribution in [0.15, 0.2) is 79.0 Å². The highest BCUT2D eigenvalue weighted by atomic mass is 19.3. The van der Waals surface area contributed by atoms with E-state index in [-0.39, 0.29) is 17.8 Å². The fraction of sp³-hybridized carbons (Fsp3) is 0.182. The average Bonchev–Trinajstić information content (AvgIpc) is 2.74. The van der Waals surface area contributed by atoms with Gasteiger partial charge in [0, 0.05) is 12.7 Å². The molecule has 1 atom stereocenters. The Morgan fingerprint density at radius 3 is 2.34 bits per heavy atom. The Hall–Kier alpha value is -3.48. The van der Waals surface area contributed by atoms with E-state index >= 15 is 0 Å². The summed E-state index contributed by atoms with van der Waals surface area (Å²) in [4.78, 5) is 16.8. The van der Waals surface area contributed by atoms with Crippen LogP contribution in [0.3, 0.4) is 0 Å². The number of aromatic nitrogens is 1. The van der Waals surface area contributed by atoms with Crippen molar-refractivity contribution in [1.82, 2.24) is 15.6 Å². The zero-order chi connectivity index (χ0) is 20.5. The van der Waals surface area contributed by atoms with E-state index in [1.165, 1.54) is 12.1 Å². The van der Waals surface area contributed by atoms with Crippen LogP contribution in [0.2, 0.25) is 0 Å². The van der Waals surface area contributed by atoms with E-state index in [1.54, 1.807) is 18.3 Å². The van der Waals surface area contributed by atoms with Gasteiger partial charge in [-0.05, 0) is 41.8 Å². The molecule has 3 rings (SSSR count). The predicted octanol–water partition coefficient (Wildman–Crippen LogP) is 4.31. The van der Waals surface area contributed by atoms with E-state index in [0.717, 1.165) is 16.8 Å². The molecule has 3 aromatic rings. The second kappa shape index (κ2) is 10.2. The zero-order valence-electron chi connectivity index (χ0n) is 15.6. The molecular weight excluding hydrogens is 376 g/mol. The highest BCUT2D eigenvalue weighted by Crippen LogP contribution is 2.19. The summed E-state index contributed by atoms with van der Waals surface area (Å²) in [5, 5.41) is 5.77. The van der Waals surface area contributed by atoms with E-state index in [4.69, 9.17) is 0 Å². The molecule has 0 spiro atoms. The van der Waals surface area contributed by atoms with Crippen LogP contribution in [0.5, 0.6) is 5.75 Å². The lowest BCUT2D eigenvalue weighted by atomic mass is 10.0. The van der Waals surface area contributed by atoms with E-state index in [9.17, 15) is 13.6 Å². The first kappa shape index (κ1) is 20.3. The van der Waals surface area contributed by atoms with Crippen molar-refractivity contribution in [1.29, 1.82) is 0 Å². The number of hydrogen-bond donors (Lipinski definition) is 2.